The van der Waals surface area contributed by atoms with Crippen molar-refractivity contribution in [2.24, 2.45) is 0 Å². The quantitative estimate of drug-likeness (QED) is 0.615. The number of carbonyl (C=O) groups is 1. The molecule has 0 bridgehead atoms. The van der Waals surface area contributed by atoms with Crippen LogP contribution >= 0.6 is 34.5 Å². The summed E-state index contributed by atoms with van der Waals surface area (Å²) in [5.41, 5.74) is 2.92. The number of nitrogens with two attached hydrogens (primary N) is 1. The topological polar surface area (TPSA) is 45.7 Å². The van der Waals surface area contributed by atoms with Crippen molar-refractivity contribution < 1.29 is 10.1 Å². The lowest BCUT2D eigenvalue weighted by molar-refractivity contribution is -0.675. The van der Waals surface area contributed by atoms with Crippen LogP contribution in [0.15, 0.2) is 60.0 Å². The van der Waals surface area contributed by atoms with Gasteiger partial charge in [0, 0.05) is 10.6 Å². The van der Waals surface area contributed by atoms with E-state index in [1.165, 1.54) is 16.0 Å². The zero-order chi connectivity index (χ0) is 18.5. The molecule has 3 aromatic rings. The summed E-state index contributed by atoms with van der Waals surface area (Å²) >= 11 is 13.8. The summed E-state index contributed by atoms with van der Waals surface area (Å²) in [7, 11) is 0. The van der Waals surface area contributed by atoms with Crippen LogP contribution in [0.3, 0.4) is 0 Å². The molecule has 0 radical (unpaired) electrons. The molecule has 3 N–H and O–H groups in total. The van der Waals surface area contributed by atoms with Gasteiger partial charge in [0.25, 0.3) is 5.91 Å². The fraction of sp³-hybridized carbons (Fsp3) is 0.150. The molecule has 0 aliphatic rings. The Morgan fingerprint density at radius 1 is 1.15 bits per heavy atom. The minimum Gasteiger partial charge on any atom is -0.328 e. The van der Waals surface area contributed by atoms with Gasteiger partial charge in [-0.1, -0.05) is 59.1 Å². The maximum absolute atomic E-state index is 12.4. The van der Waals surface area contributed by atoms with E-state index in [4.69, 9.17) is 23.2 Å². The number of carbonyl (C=O) groups excluding carboxylic acids is 1. The molecule has 1 amide bonds. The van der Waals surface area contributed by atoms with E-state index >= 15 is 0 Å². The average molecular weight is 406 g/mol. The number of anilines is 1. The van der Waals surface area contributed by atoms with Crippen LogP contribution in [0.1, 0.15) is 22.0 Å². The maximum Gasteiger partial charge on any atom is 0.279 e. The zero-order valence-corrected chi connectivity index (χ0v) is 16.5. The van der Waals surface area contributed by atoms with Gasteiger partial charge in [-0.25, -0.2) is 0 Å². The minimum atomic E-state index is -0.122. The van der Waals surface area contributed by atoms with Crippen molar-refractivity contribution in [3.8, 4) is 0 Å². The molecule has 26 heavy (non-hydrogen) atoms. The van der Waals surface area contributed by atoms with Gasteiger partial charge in [-0.2, -0.15) is 0 Å². The van der Waals surface area contributed by atoms with Gasteiger partial charge in [-0.3, -0.25) is 4.79 Å². The van der Waals surface area contributed by atoms with Crippen molar-refractivity contribution in [1.29, 1.82) is 0 Å². The Kier molecular flexibility index (Phi) is 6.33. The van der Waals surface area contributed by atoms with Crippen LogP contribution in [0, 0.1) is 6.92 Å². The van der Waals surface area contributed by atoms with Gasteiger partial charge in [-0.15, -0.1) is 11.3 Å². The molecule has 0 unspecified atom stereocenters. The first kappa shape index (κ1) is 18.9. The molecule has 0 aliphatic carbocycles. The molecule has 134 valence electrons. The first-order valence-electron chi connectivity index (χ1n) is 8.21. The minimum absolute atomic E-state index is 0.0798. The third-order valence-corrected chi connectivity index (χ3v) is 5.55. The van der Waals surface area contributed by atoms with Crippen molar-refractivity contribution in [3.63, 3.8) is 0 Å². The SMILES string of the molecule is Cc1ccc([C@@H]([NH2+]CC(=O)Nc2cc(Cl)ccc2Cl)c2cccs2)cc1. The van der Waals surface area contributed by atoms with Gasteiger partial charge in [0.1, 0.15) is 6.04 Å². The first-order chi connectivity index (χ1) is 12.5. The highest BCUT2D eigenvalue weighted by Gasteiger charge is 2.20. The van der Waals surface area contributed by atoms with E-state index in [-0.39, 0.29) is 18.5 Å². The van der Waals surface area contributed by atoms with Gasteiger partial charge >= 0.3 is 0 Å². The molecular weight excluding hydrogens is 387 g/mol. The second kappa shape index (κ2) is 8.69. The number of amides is 1. The van der Waals surface area contributed by atoms with E-state index in [0.29, 0.717) is 15.7 Å². The summed E-state index contributed by atoms with van der Waals surface area (Å²) in [5, 5.41) is 7.91. The Morgan fingerprint density at radius 3 is 2.62 bits per heavy atom. The predicted molar refractivity (Wildman–Crippen MR) is 109 cm³/mol. The average Bonchev–Trinajstić information content (AvgIpc) is 3.14. The monoisotopic (exact) mass is 405 g/mol. The normalized spacial score (nSPS) is 12.0. The lowest BCUT2D eigenvalue weighted by Gasteiger charge is -2.15. The van der Waals surface area contributed by atoms with Crippen LogP contribution in [0.4, 0.5) is 5.69 Å². The van der Waals surface area contributed by atoms with Crippen molar-refractivity contribution >= 4 is 46.1 Å². The summed E-state index contributed by atoms with van der Waals surface area (Å²) in [6, 6.07) is 17.6. The summed E-state index contributed by atoms with van der Waals surface area (Å²) in [6.45, 7) is 2.34. The van der Waals surface area contributed by atoms with E-state index < -0.39 is 0 Å². The molecule has 3 rings (SSSR count). The Balaban J connectivity index is 1.70. The summed E-state index contributed by atoms with van der Waals surface area (Å²) < 4.78 is 0. The number of hydrogen-bond donors (Lipinski definition) is 2. The number of rotatable bonds is 6. The molecule has 1 atom stereocenters. The first-order valence-corrected chi connectivity index (χ1v) is 9.84. The van der Waals surface area contributed by atoms with E-state index in [2.05, 4.69) is 48.0 Å². The Labute approximate surface area is 167 Å². The van der Waals surface area contributed by atoms with Crippen LogP contribution in [0.25, 0.3) is 0 Å². The molecule has 1 aromatic heterocycles. The molecule has 0 fully saturated rings. The van der Waals surface area contributed by atoms with E-state index in [9.17, 15) is 4.79 Å². The van der Waals surface area contributed by atoms with Gasteiger partial charge in [0.05, 0.1) is 15.6 Å². The molecule has 3 nitrogen and oxygen atoms in total. The fourth-order valence-corrected chi connectivity index (χ4v) is 3.87. The predicted octanol–water partition coefficient (Wildman–Crippen LogP) is 4.65. The van der Waals surface area contributed by atoms with Gasteiger partial charge in [0.15, 0.2) is 6.54 Å². The molecule has 0 spiro atoms. The zero-order valence-electron chi connectivity index (χ0n) is 14.2. The summed E-state index contributed by atoms with van der Waals surface area (Å²) in [6.07, 6.45) is 0. The Morgan fingerprint density at radius 2 is 1.92 bits per heavy atom. The standard InChI is InChI=1S/C20H18Cl2N2OS/c1-13-4-6-14(7-5-13)20(18-3-2-10-26-18)23-12-19(25)24-17-11-15(21)8-9-16(17)22/h2-11,20,23H,12H2,1H3,(H,24,25)/p+1/t20-/m1/s1. The molecule has 0 saturated carbocycles. The number of benzene rings is 2. The summed E-state index contributed by atoms with van der Waals surface area (Å²) in [5.74, 6) is -0.122. The largest absolute Gasteiger partial charge is 0.328 e. The number of hydrogen-bond acceptors (Lipinski definition) is 2. The van der Waals surface area contributed by atoms with Crippen LogP contribution < -0.4 is 10.6 Å². The highest BCUT2D eigenvalue weighted by atomic mass is 35.5. The van der Waals surface area contributed by atoms with E-state index in [1.807, 2.05) is 11.4 Å². The van der Waals surface area contributed by atoms with Crippen LogP contribution in [-0.4, -0.2) is 12.5 Å². The third kappa shape index (κ3) is 4.86. The van der Waals surface area contributed by atoms with Crippen molar-refractivity contribution in [1.82, 2.24) is 0 Å². The van der Waals surface area contributed by atoms with Crippen LogP contribution in [0.5, 0.6) is 0 Å². The smallest absolute Gasteiger partial charge is 0.279 e. The number of thiophene rings is 1. The maximum atomic E-state index is 12.4. The Hall–Kier alpha value is -1.85. The van der Waals surface area contributed by atoms with Crippen molar-refractivity contribution in [2.75, 3.05) is 11.9 Å². The molecular formula is C20H19Cl2N2OS+. The van der Waals surface area contributed by atoms with Gasteiger partial charge < -0.3 is 10.6 Å². The van der Waals surface area contributed by atoms with Crippen molar-refractivity contribution in [2.45, 2.75) is 13.0 Å². The number of quaternary nitrogens is 1. The lowest BCUT2D eigenvalue weighted by Crippen LogP contribution is -2.87. The highest BCUT2D eigenvalue weighted by Crippen LogP contribution is 2.25. The molecule has 6 heteroatoms. The van der Waals surface area contributed by atoms with Crippen LogP contribution in [-0.2, 0) is 4.79 Å². The molecule has 0 aliphatic heterocycles. The van der Waals surface area contributed by atoms with E-state index in [0.717, 1.165) is 0 Å². The lowest BCUT2D eigenvalue weighted by atomic mass is 10.0. The number of halogens is 2. The second-order valence-corrected chi connectivity index (χ2v) is 7.84. The molecule has 2 aromatic carbocycles. The van der Waals surface area contributed by atoms with Crippen molar-refractivity contribution in [3.05, 3.63) is 86.0 Å². The number of nitrogens with one attached hydrogen (secondary N) is 1. The van der Waals surface area contributed by atoms with Crippen LogP contribution in [0.2, 0.25) is 10.0 Å². The van der Waals surface area contributed by atoms with Gasteiger partial charge in [-0.05, 0) is 36.6 Å². The second-order valence-electron chi connectivity index (χ2n) is 6.02. The molecule has 1 heterocycles. The molecule has 0 saturated heterocycles. The number of aryl methyl sites for hydroxylation is 1. The summed E-state index contributed by atoms with van der Waals surface area (Å²) in [4.78, 5) is 13.6. The Bertz CT molecular complexity index is 879. The van der Waals surface area contributed by atoms with Gasteiger partial charge in [0.2, 0.25) is 0 Å². The fourth-order valence-electron chi connectivity index (χ4n) is 2.68. The third-order valence-electron chi connectivity index (χ3n) is 4.03. The van der Waals surface area contributed by atoms with E-state index in [1.54, 1.807) is 29.5 Å². The highest BCUT2D eigenvalue weighted by molar-refractivity contribution is 7.10.